The minimum absolute atomic E-state index is 0.190. The SMILES string of the molecule is Cc1cc(C#N)cc(N=C/C(=C\N)C(C)NOc2cc(C3CC3)[nH]n2)c1. The molecule has 2 aromatic rings. The van der Waals surface area contributed by atoms with E-state index in [2.05, 4.69) is 26.7 Å². The molecule has 1 saturated carbocycles. The number of aromatic nitrogens is 2. The lowest BCUT2D eigenvalue weighted by atomic mass is 10.1. The van der Waals surface area contributed by atoms with Crippen LogP contribution in [0.5, 0.6) is 5.88 Å². The van der Waals surface area contributed by atoms with Crippen LogP contribution in [-0.2, 0) is 0 Å². The average Bonchev–Trinajstić information content (AvgIpc) is 3.38. The van der Waals surface area contributed by atoms with Crippen LogP contribution in [0.25, 0.3) is 0 Å². The predicted molar refractivity (Wildman–Crippen MR) is 100 cm³/mol. The van der Waals surface area contributed by atoms with E-state index in [1.54, 1.807) is 12.3 Å². The highest BCUT2D eigenvalue weighted by Gasteiger charge is 2.25. The smallest absolute Gasteiger partial charge is 0.256 e. The zero-order valence-electron chi connectivity index (χ0n) is 14.9. The molecule has 26 heavy (non-hydrogen) atoms. The van der Waals surface area contributed by atoms with Crippen LogP contribution in [0.3, 0.4) is 0 Å². The molecule has 1 aromatic heterocycles. The Bertz CT molecular complexity index is 872. The summed E-state index contributed by atoms with van der Waals surface area (Å²) in [5.41, 5.74) is 12.8. The fourth-order valence-electron chi connectivity index (χ4n) is 2.54. The second-order valence-electron chi connectivity index (χ2n) is 6.47. The van der Waals surface area contributed by atoms with Crippen molar-refractivity contribution in [1.29, 1.82) is 5.26 Å². The van der Waals surface area contributed by atoms with Gasteiger partial charge in [-0.25, -0.2) is 0 Å². The highest BCUT2D eigenvalue weighted by molar-refractivity contribution is 5.82. The lowest BCUT2D eigenvalue weighted by Crippen LogP contribution is -2.32. The van der Waals surface area contributed by atoms with Gasteiger partial charge in [0, 0.05) is 35.7 Å². The number of hydroxylamine groups is 1. The van der Waals surface area contributed by atoms with E-state index in [0.29, 0.717) is 23.0 Å². The van der Waals surface area contributed by atoms with E-state index in [1.165, 1.54) is 19.0 Å². The van der Waals surface area contributed by atoms with Crippen molar-refractivity contribution < 1.29 is 4.84 Å². The molecular weight excluding hydrogens is 328 g/mol. The fourth-order valence-corrected chi connectivity index (χ4v) is 2.54. The van der Waals surface area contributed by atoms with Crippen LogP contribution in [0, 0.1) is 18.3 Å². The standard InChI is InChI=1S/C19H22N6O/c1-12-5-14(9-20)7-17(6-12)22-11-16(10-21)13(2)25-26-19-8-18(23-24-19)15-3-4-15/h5-8,10-11,13,15,25H,3-4,21H2,1-2H3,(H,23,24)/b16-10+,22-11?. The van der Waals surface area contributed by atoms with Gasteiger partial charge in [-0.2, -0.15) is 5.26 Å². The molecule has 0 aliphatic heterocycles. The van der Waals surface area contributed by atoms with Gasteiger partial charge in [-0.05, 0) is 50.5 Å². The summed E-state index contributed by atoms with van der Waals surface area (Å²) in [6.07, 6.45) is 5.55. The molecule has 1 aromatic carbocycles. The summed E-state index contributed by atoms with van der Waals surface area (Å²) in [6.45, 7) is 3.84. The molecule has 0 bridgehead atoms. The van der Waals surface area contributed by atoms with Gasteiger partial charge in [0.05, 0.1) is 23.4 Å². The first-order valence-electron chi connectivity index (χ1n) is 8.54. The van der Waals surface area contributed by atoms with Crippen molar-refractivity contribution in [2.75, 3.05) is 0 Å². The van der Waals surface area contributed by atoms with E-state index < -0.39 is 0 Å². The summed E-state index contributed by atoms with van der Waals surface area (Å²) in [5.74, 6) is 1.10. The average molecular weight is 350 g/mol. The quantitative estimate of drug-likeness (QED) is 0.525. The Kier molecular flexibility index (Phi) is 5.34. The maximum absolute atomic E-state index is 9.05. The molecule has 1 unspecified atom stereocenters. The monoisotopic (exact) mass is 350 g/mol. The van der Waals surface area contributed by atoms with Crippen molar-refractivity contribution in [1.82, 2.24) is 15.7 Å². The van der Waals surface area contributed by atoms with Crippen LogP contribution >= 0.6 is 0 Å². The number of H-pyrrole nitrogens is 1. The first kappa shape index (κ1) is 17.7. The summed E-state index contributed by atoms with van der Waals surface area (Å²) >= 11 is 0. The number of nitrogens with zero attached hydrogens (tertiary/aromatic N) is 3. The molecule has 1 atom stereocenters. The van der Waals surface area contributed by atoms with Crippen LogP contribution in [0.1, 0.15) is 42.5 Å². The highest BCUT2D eigenvalue weighted by atomic mass is 16.7. The van der Waals surface area contributed by atoms with Crippen LogP contribution in [0.2, 0.25) is 0 Å². The lowest BCUT2D eigenvalue weighted by Gasteiger charge is -2.13. The Labute approximate surface area is 152 Å². The van der Waals surface area contributed by atoms with Crippen molar-refractivity contribution in [3.63, 3.8) is 0 Å². The Balaban J connectivity index is 1.60. The highest BCUT2D eigenvalue weighted by Crippen LogP contribution is 2.39. The van der Waals surface area contributed by atoms with Gasteiger partial charge in [0.1, 0.15) is 0 Å². The Morgan fingerprint density at radius 3 is 2.96 bits per heavy atom. The van der Waals surface area contributed by atoms with Gasteiger partial charge >= 0.3 is 0 Å². The van der Waals surface area contributed by atoms with E-state index in [0.717, 1.165) is 16.8 Å². The molecule has 3 rings (SSSR count). The molecule has 1 heterocycles. The normalized spacial score (nSPS) is 15.8. The van der Waals surface area contributed by atoms with Crippen molar-refractivity contribution in [2.24, 2.45) is 10.7 Å². The van der Waals surface area contributed by atoms with E-state index >= 15 is 0 Å². The molecule has 4 N–H and O–H groups in total. The van der Waals surface area contributed by atoms with E-state index in [-0.39, 0.29) is 6.04 Å². The molecular formula is C19H22N6O. The number of benzene rings is 1. The summed E-state index contributed by atoms with van der Waals surface area (Å²) < 4.78 is 0. The summed E-state index contributed by atoms with van der Waals surface area (Å²) in [5, 5.41) is 16.2. The number of aromatic amines is 1. The number of hydrogen-bond acceptors (Lipinski definition) is 6. The number of aryl methyl sites for hydroxylation is 1. The van der Waals surface area contributed by atoms with Gasteiger partial charge in [-0.3, -0.25) is 10.1 Å². The van der Waals surface area contributed by atoms with Crippen LogP contribution in [-0.4, -0.2) is 22.5 Å². The second kappa shape index (κ2) is 7.85. The van der Waals surface area contributed by atoms with Crippen molar-refractivity contribution >= 4 is 11.9 Å². The first-order valence-corrected chi connectivity index (χ1v) is 8.54. The molecule has 7 nitrogen and oxygen atoms in total. The fraction of sp³-hybridized carbons (Fsp3) is 0.316. The third kappa shape index (κ3) is 4.49. The zero-order valence-corrected chi connectivity index (χ0v) is 14.9. The first-order chi connectivity index (χ1) is 12.6. The maximum Gasteiger partial charge on any atom is 0.256 e. The van der Waals surface area contributed by atoms with Crippen molar-refractivity contribution in [3.8, 4) is 11.9 Å². The minimum Gasteiger partial charge on any atom is -0.404 e. The molecule has 1 aliphatic carbocycles. The van der Waals surface area contributed by atoms with Crippen LogP contribution < -0.4 is 16.1 Å². The third-order valence-corrected chi connectivity index (χ3v) is 4.18. The predicted octanol–water partition coefficient (Wildman–Crippen LogP) is 2.98. The number of aliphatic imine (C=N–C) groups is 1. The summed E-state index contributed by atoms with van der Waals surface area (Å²) in [4.78, 5) is 9.94. The molecule has 1 aliphatic rings. The summed E-state index contributed by atoms with van der Waals surface area (Å²) in [7, 11) is 0. The number of nitrogens with one attached hydrogen (secondary N) is 2. The third-order valence-electron chi connectivity index (χ3n) is 4.18. The van der Waals surface area contributed by atoms with Gasteiger partial charge in [-0.15, -0.1) is 10.6 Å². The van der Waals surface area contributed by atoms with Crippen LogP contribution in [0.4, 0.5) is 5.69 Å². The maximum atomic E-state index is 9.05. The van der Waals surface area contributed by atoms with E-state index in [9.17, 15) is 0 Å². The second-order valence-corrected chi connectivity index (χ2v) is 6.47. The molecule has 1 fully saturated rings. The van der Waals surface area contributed by atoms with Gasteiger partial charge < -0.3 is 10.6 Å². The number of rotatable bonds is 7. The molecule has 7 heteroatoms. The van der Waals surface area contributed by atoms with E-state index in [4.69, 9.17) is 15.8 Å². The van der Waals surface area contributed by atoms with Gasteiger partial charge in [0.25, 0.3) is 5.88 Å². The molecule has 0 spiro atoms. The minimum atomic E-state index is -0.190. The lowest BCUT2D eigenvalue weighted by molar-refractivity contribution is 0.168. The van der Waals surface area contributed by atoms with E-state index in [1.807, 2.05) is 32.0 Å². The van der Waals surface area contributed by atoms with Crippen LogP contribution in [0.15, 0.2) is 41.0 Å². The molecule has 0 radical (unpaired) electrons. The Hall–Kier alpha value is -3.11. The van der Waals surface area contributed by atoms with Gasteiger partial charge in [0.2, 0.25) is 0 Å². The number of nitriles is 1. The number of nitrogens with two attached hydrogens (primary N) is 1. The molecule has 0 saturated heterocycles. The Morgan fingerprint density at radius 2 is 2.27 bits per heavy atom. The van der Waals surface area contributed by atoms with Gasteiger partial charge in [0.15, 0.2) is 0 Å². The topological polar surface area (TPSA) is 112 Å². The van der Waals surface area contributed by atoms with Gasteiger partial charge in [-0.1, -0.05) is 0 Å². The number of hydrogen-bond donors (Lipinski definition) is 3. The largest absolute Gasteiger partial charge is 0.404 e. The van der Waals surface area contributed by atoms with Crippen molar-refractivity contribution in [3.05, 3.63) is 52.9 Å². The Morgan fingerprint density at radius 1 is 1.46 bits per heavy atom. The molecule has 134 valence electrons. The zero-order chi connectivity index (χ0) is 18.5. The summed E-state index contributed by atoms with van der Waals surface area (Å²) in [6, 6.07) is 9.30. The van der Waals surface area contributed by atoms with Crippen molar-refractivity contribution in [2.45, 2.75) is 38.6 Å². The molecule has 0 amide bonds.